The van der Waals surface area contributed by atoms with Crippen molar-refractivity contribution in [1.29, 1.82) is 0 Å². The minimum atomic E-state index is -2.45. The van der Waals surface area contributed by atoms with Crippen molar-refractivity contribution >= 4 is 18.3 Å². The van der Waals surface area contributed by atoms with Crippen molar-refractivity contribution in [1.82, 2.24) is 10.3 Å². The lowest BCUT2D eigenvalue weighted by Crippen LogP contribution is -2.17. The summed E-state index contributed by atoms with van der Waals surface area (Å²) in [6, 6.07) is 3.06. The van der Waals surface area contributed by atoms with E-state index >= 15 is 0 Å². The quantitative estimate of drug-likeness (QED) is 0.688. The van der Waals surface area contributed by atoms with Crippen LogP contribution in [0.2, 0.25) is 0 Å². The van der Waals surface area contributed by atoms with E-state index in [1.165, 1.54) is 18.5 Å². The molecule has 1 aromatic heterocycles. The number of amides is 1. The topological polar surface area (TPSA) is 42.0 Å². The van der Waals surface area contributed by atoms with E-state index in [4.69, 9.17) is 4.11 Å². The fourth-order valence-corrected chi connectivity index (χ4v) is 0.569. The fraction of sp³-hybridized carbons (Fsp3) is 0.143. The maximum atomic E-state index is 11.1. The van der Waals surface area contributed by atoms with Gasteiger partial charge in [0, 0.05) is 23.5 Å². The summed E-state index contributed by atoms with van der Waals surface area (Å²) in [7, 11) is 0. The van der Waals surface area contributed by atoms with Crippen molar-refractivity contribution < 1.29 is 8.91 Å². The Bertz CT molecular complexity index is 302. The first-order valence-electron chi connectivity index (χ1n) is 4.21. The monoisotopic (exact) mass is 175 g/mol. The number of pyridine rings is 1. The molecule has 1 amide bonds. The van der Waals surface area contributed by atoms with Gasteiger partial charge >= 0.3 is 0 Å². The van der Waals surface area contributed by atoms with Crippen LogP contribution in [0, 0.1) is 0 Å². The summed E-state index contributed by atoms with van der Waals surface area (Å²) in [5.41, 5.74) is 0.235. The van der Waals surface area contributed by atoms with Crippen molar-refractivity contribution in [2.24, 2.45) is 0 Å². The summed E-state index contributed by atoms with van der Waals surface area (Å²) in [5, 5.41) is 1.86. The van der Waals surface area contributed by atoms with Crippen LogP contribution in [0.25, 0.3) is 0 Å². The lowest BCUT2D eigenvalue weighted by atomic mass is 10.3. The van der Waals surface area contributed by atoms with Gasteiger partial charge in [0.1, 0.15) is 0 Å². The summed E-state index contributed by atoms with van der Waals surface area (Å²) in [5.74, 6) is -0.645. The van der Waals surface area contributed by atoms with Gasteiger partial charge in [-0.05, 0) is 12.1 Å². The van der Waals surface area contributed by atoms with E-state index < -0.39 is 12.9 Å². The smallest absolute Gasteiger partial charge is 0.252 e. The van der Waals surface area contributed by atoms with Crippen LogP contribution in [0.3, 0.4) is 0 Å². The minimum absolute atomic E-state index is 0. The van der Waals surface area contributed by atoms with Gasteiger partial charge in [-0.3, -0.25) is 9.78 Å². The average Bonchev–Trinajstić information content (AvgIpc) is 2.03. The second-order valence-corrected chi connectivity index (χ2v) is 1.70. The van der Waals surface area contributed by atoms with Crippen LogP contribution in [-0.4, -0.2) is 17.9 Å². The number of halogens is 1. The van der Waals surface area contributed by atoms with Gasteiger partial charge in [-0.25, -0.2) is 0 Å². The first-order valence-corrected chi connectivity index (χ1v) is 2.71. The number of hydrogen-bond donors (Lipinski definition) is 1. The average molecular weight is 176 g/mol. The van der Waals surface area contributed by atoms with Crippen LogP contribution in [0.4, 0.5) is 0 Å². The number of carbonyl (C=O) groups is 1. The number of aromatic nitrogens is 1. The van der Waals surface area contributed by atoms with Crippen LogP contribution in [0.15, 0.2) is 24.5 Å². The molecule has 1 aromatic rings. The van der Waals surface area contributed by atoms with Gasteiger partial charge in [-0.2, -0.15) is 0 Å². The van der Waals surface area contributed by atoms with E-state index in [0.29, 0.717) is 0 Å². The second-order valence-electron chi connectivity index (χ2n) is 1.70. The Morgan fingerprint density at radius 1 is 1.82 bits per heavy atom. The second kappa shape index (κ2) is 4.68. The molecule has 1 N–H and O–H groups in total. The Morgan fingerprint density at radius 3 is 3.18 bits per heavy atom. The third-order valence-corrected chi connectivity index (χ3v) is 1.04. The van der Waals surface area contributed by atoms with Gasteiger partial charge < -0.3 is 5.32 Å². The van der Waals surface area contributed by atoms with Crippen molar-refractivity contribution in [3.05, 3.63) is 30.1 Å². The number of hydrogen-bond acceptors (Lipinski definition) is 2. The molecular formula is C7H9ClN2O. The highest BCUT2D eigenvalue weighted by atomic mass is 35.5. The molecule has 60 valence electrons. The first kappa shape index (κ1) is 5.55. The Hall–Kier alpha value is -1.09. The Kier molecular flexibility index (Phi) is 2.36. The van der Waals surface area contributed by atoms with E-state index in [-0.39, 0.29) is 18.0 Å². The van der Waals surface area contributed by atoms with Crippen LogP contribution in [0.5, 0.6) is 0 Å². The summed E-state index contributed by atoms with van der Waals surface area (Å²) in [4.78, 5) is 14.8. The molecule has 0 spiro atoms. The lowest BCUT2D eigenvalue weighted by molar-refractivity contribution is 0.0963. The number of rotatable bonds is 1. The summed E-state index contributed by atoms with van der Waals surface area (Å²) >= 11 is 0. The molecule has 0 aliphatic heterocycles. The van der Waals surface area contributed by atoms with Gasteiger partial charge in [0.15, 0.2) is 0 Å². The van der Waals surface area contributed by atoms with Gasteiger partial charge in [-0.15, -0.1) is 12.4 Å². The van der Waals surface area contributed by atoms with Crippen molar-refractivity contribution in [3.8, 4) is 0 Å². The van der Waals surface area contributed by atoms with E-state index in [9.17, 15) is 4.79 Å². The Labute approximate surface area is 75.5 Å². The maximum Gasteiger partial charge on any atom is 0.252 e. The van der Waals surface area contributed by atoms with E-state index in [2.05, 4.69) is 4.98 Å². The van der Waals surface area contributed by atoms with Crippen molar-refractivity contribution in [2.75, 3.05) is 6.98 Å². The standard InChI is InChI=1S/C7H8N2O.ClH/c1-8-7(10)6-3-2-4-9-5-6;/h2-5H,1H3,(H,8,10);1H/i1D3;. The van der Waals surface area contributed by atoms with Crippen LogP contribution in [-0.2, 0) is 0 Å². The molecule has 0 atom stereocenters. The maximum absolute atomic E-state index is 11.1. The molecule has 4 heteroatoms. The molecule has 0 bridgehead atoms. The van der Waals surface area contributed by atoms with Gasteiger partial charge in [0.25, 0.3) is 5.91 Å². The van der Waals surface area contributed by atoms with Gasteiger partial charge in [-0.1, -0.05) is 0 Å². The molecule has 0 aliphatic carbocycles. The molecule has 0 radical (unpaired) electrons. The highest BCUT2D eigenvalue weighted by Crippen LogP contribution is 1.93. The summed E-state index contributed by atoms with van der Waals surface area (Å²) in [6.45, 7) is -2.45. The van der Waals surface area contributed by atoms with Crippen molar-refractivity contribution in [2.45, 2.75) is 0 Å². The van der Waals surface area contributed by atoms with Gasteiger partial charge in [0.2, 0.25) is 0 Å². The number of nitrogens with zero attached hydrogens (tertiary/aromatic N) is 1. The van der Waals surface area contributed by atoms with Crippen LogP contribution < -0.4 is 5.32 Å². The van der Waals surface area contributed by atoms with E-state index in [0.717, 1.165) is 0 Å². The molecule has 0 fully saturated rings. The largest absolute Gasteiger partial charge is 0.355 e. The van der Waals surface area contributed by atoms with Crippen molar-refractivity contribution in [3.63, 3.8) is 0 Å². The van der Waals surface area contributed by atoms with Crippen LogP contribution >= 0.6 is 12.4 Å². The van der Waals surface area contributed by atoms with Crippen LogP contribution in [0.1, 0.15) is 14.5 Å². The molecule has 0 aliphatic rings. The highest BCUT2D eigenvalue weighted by Gasteiger charge is 1.98. The van der Waals surface area contributed by atoms with E-state index in [1.54, 1.807) is 6.07 Å². The zero-order chi connectivity index (χ0) is 9.90. The normalized spacial score (nSPS) is 13.3. The zero-order valence-electron chi connectivity index (χ0n) is 8.57. The third kappa shape index (κ3) is 2.55. The molecule has 0 saturated heterocycles. The predicted molar refractivity (Wildman–Crippen MR) is 44.9 cm³/mol. The molecular weight excluding hydrogens is 164 g/mol. The number of nitrogens with one attached hydrogen (secondary N) is 1. The molecule has 0 saturated carbocycles. The Morgan fingerprint density at radius 2 is 2.64 bits per heavy atom. The Balaban J connectivity index is 0.00000169. The SMILES string of the molecule is Cl.[2H]C([2H])([2H])NC(=O)c1cccnc1. The highest BCUT2D eigenvalue weighted by molar-refractivity contribution is 5.93. The number of carbonyl (C=O) groups excluding carboxylic acids is 1. The summed E-state index contributed by atoms with van der Waals surface area (Å²) < 4.78 is 20.4. The fourth-order valence-electron chi connectivity index (χ4n) is 0.569. The predicted octanol–water partition coefficient (Wildman–Crippen LogP) is 0.863. The third-order valence-electron chi connectivity index (χ3n) is 1.04. The molecule has 11 heavy (non-hydrogen) atoms. The molecule has 1 heterocycles. The molecule has 0 unspecified atom stereocenters. The minimum Gasteiger partial charge on any atom is -0.355 e. The zero-order valence-corrected chi connectivity index (χ0v) is 6.39. The van der Waals surface area contributed by atoms with Gasteiger partial charge in [0.05, 0.1) is 5.56 Å². The summed E-state index contributed by atoms with van der Waals surface area (Å²) in [6.07, 6.45) is 2.81. The van der Waals surface area contributed by atoms with E-state index in [1.807, 2.05) is 5.32 Å². The molecule has 1 rings (SSSR count). The molecule has 3 nitrogen and oxygen atoms in total. The molecule has 0 aromatic carbocycles. The first-order chi connectivity index (χ1) is 5.99. The lowest BCUT2D eigenvalue weighted by Gasteiger charge is -1.95.